The molecule has 1 aromatic carbocycles. The van der Waals surface area contributed by atoms with Crippen LogP contribution in [0.15, 0.2) is 36.8 Å². The molecule has 31 heavy (non-hydrogen) atoms. The maximum absolute atomic E-state index is 12.8. The third-order valence-electron chi connectivity index (χ3n) is 8.28. The van der Waals surface area contributed by atoms with Crippen LogP contribution in [0.1, 0.15) is 37.3 Å². The molecule has 8 heteroatoms. The van der Waals surface area contributed by atoms with E-state index in [2.05, 4.69) is 27.8 Å². The number of fused-ring (bicyclic) bond motifs is 3. The minimum Gasteiger partial charge on any atom is -0.392 e. The summed E-state index contributed by atoms with van der Waals surface area (Å²) in [7, 11) is -2.56. The van der Waals surface area contributed by atoms with E-state index in [-0.39, 0.29) is 35.0 Å². The standard InChI is InChI=1S/C23H29N3O4S/c27-21-18(20-17-4-2-1-3-16(17)19-12-24-14-26(19)20)11-23(21)6-8-25(9-7-23)22(28)15-5-10-31(29,30)13-15/h1-4,12,14-15,18,20-21,27,29-30H,5-11,13H2/t15?,18-,20+,21+/m0/s1. The van der Waals surface area contributed by atoms with Crippen LogP contribution in [0.2, 0.25) is 0 Å². The summed E-state index contributed by atoms with van der Waals surface area (Å²) in [6.07, 6.45) is 6.54. The Morgan fingerprint density at radius 3 is 2.68 bits per heavy atom. The van der Waals surface area contributed by atoms with Crippen molar-refractivity contribution in [2.45, 2.75) is 37.8 Å². The molecule has 4 heterocycles. The smallest absolute Gasteiger partial charge is 0.227 e. The molecule has 2 saturated heterocycles. The maximum Gasteiger partial charge on any atom is 0.227 e. The van der Waals surface area contributed by atoms with Gasteiger partial charge in [-0.1, -0.05) is 24.3 Å². The van der Waals surface area contributed by atoms with Gasteiger partial charge in [-0.2, -0.15) is 10.6 Å². The van der Waals surface area contributed by atoms with Crippen molar-refractivity contribution in [2.75, 3.05) is 24.6 Å². The number of carbonyl (C=O) groups is 1. The van der Waals surface area contributed by atoms with Gasteiger partial charge in [0, 0.05) is 41.5 Å². The average Bonchev–Trinajstić information content (AvgIpc) is 3.46. The Balaban J connectivity index is 1.14. The lowest BCUT2D eigenvalue weighted by atomic mass is 9.53. The van der Waals surface area contributed by atoms with Crippen LogP contribution < -0.4 is 0 Å². The first-order valence-corrected chi connectivity index (χ1v) is 13.1. The quantitative estimate of drug-likeness (QED) is 0.662. The molecule has 4 atom stereocenters. The van der Waals surface area contributed by atoms with Crippen molar-refractivity contribution >= 4 is 16.5 Å². The molecule has 1 amide bonds. The van der Waals surface area contributed by atoms with Crippen LogP contribution in [0.4, 0.5) is 0 Å². The van der Waals surface area contributed by atoms with Crippen molar-refractivity contribution < 1.29 is 19.0 Å². The largest absolute Gasteiger partial charge is 0.392 e. The molecule has 1 aromatic heterocycles. The minimum absolute atomic E-state index is 0.0606. The van der Waals surface area contributed by atoms with Gasteiger partial charge < -0.3 is 14.6 Å². The molecule has 3 fully saturated rings. The summed E-state index contributed by atoms with van der Waals surface area (Å²) in [5.74, 6) is 0.521. The van der Waals surface area contributed by atoms with E-state index in [0.717, 1.165) is 25.0 Å². The summed E-state index contributed by atoms with van der Waals surface area (Å²) < 4.78 is 21.9. The fourth-order valence-corrected chi connectivity index (χ4v) is 8.32. The van der Waals surface area contributed by atoms with Gasteiger partial charge in [-0.25, -0.2) is 4.98 Å². The number of nitrogens with zero attached hydrogens (tertiary/aromatic N) is 3. The molecule has 0 bridgehead atoms. The van der Waals surface area contributed by atoms with Crippen molar-refractivity contribution in [2.24, 2.45) is 17.3 Å². The van der Waals surface area contributed by atoms with E-state index in [4.69, 9.17) is 0 Å². The number of amides is 1. The van der Waals surface area contributed by atoms with E-state index in [1.54, 1.807) is 0 Å². The van der Waals surface area contributed by atoms with Gasteiger partial charge in [0.05, 0.1) is 36.3 Å². The molecule has 1 saturated carbocycles. The number of aromatic nitrogens is 2. The van der Waals surface area contributed by atoms with E-state index in [1.807, 2.05) is 23.5 Å². The molecule has 6 rings (SSSR count). The van der Waals surface area contributed by atoms with E-state index < -0.39 is 16.7 Å². The van der Waals surface area contributed by atoms with Crippen molar-refractivity contribution in [3.63, 3.8) is 0 Å². The zero-order valence-corrected chi connectivity index (χ0v) is 18.2. The topological polar surface area (TPSA) is 98.8 Å². The number of hydrogen-bond acceptors (Lipinski definition) is 5. The first-order valence-electron chi connectivity index (χ1n) is 11.2. The van der Waals surface area contributed by atoms with Crippen molar-refractivity contribution in [1.29, 1.82) is 0 Å². The Hall–Kier alpha value is -1.87. The van der Waals surface area contributed by atoms with E-state index in [9.17, 15) is 19.0 Å². The molecule has 3 aliphatic heterocycles. The number of rotatable bonds is 2. The minimum atomic E-state index is -2.56. The first-order chi connectivity index (χ1) is 14.9. The lowest BCUT2D eigenvalue weighted by molar-refractivity contribution is -0.165. The van der Waals surface area contributed by atoms with Gasteiger partial charge in [0.15, 0.2) is 0 Å². The summed E-state index contributed by atoms with van der Waals surface area (Å²) in [5, 5.41) is 11.3. The molecule has 166 valence electrons. The molecular weight excluding hydrogens is 414 g/mol. The average molecular weight is 444 g/mol. The third kappa shape index (κ3) is 2.92. The Kier molecular flexibility index (Phi) is 4.35. The number of imidazole rings is 1. The zero-order chi connectivity index (χ0) is 21.4. The predicted octanol–water partition coefficient (Wildman–Crippen LogP) is 3.21. The summed E-state index contributed by atoms with van der Waals surface area (Å²) in [6, 6.07) is 8.53. The van der Waals surface area contributed by atoms with Crippen LogP contribution in [-0.2, 0) is 4.79 Å². The molecule has 0 radical (unpaired) electrons. The van der Waals surface area contributed by atoms with Crippen LogP contribution in [0.5, 0.6) is 0 Å². The monoisotopic (exact) mass is 443 g/mol. The molecule has 1 unspecified atom stereocenters. The summed E-state index contributed by atoms with van der Waals surface area (Å²) in [6.45, 7) is 1.30. The van der Waals surface area contributed by atoms with E-state index in [1.165, 1.54) is 11.1 Å². The van der Waals surface area contributed by atoms with E-state index >= 15 is 0 Å². The van der Waals surface area contributed by atoms with Gasteiger partial charge in [-0.05, 0) is 31.2 Å². The fourth-order valence-electron chi connectivity index (χ4n) is 6.53. The van der Waals surface area contributed by atoms with Crippen LogP contribution in [0.3, 0.4) is 0 Å². The van der Waals surface area contributed by atoms with Crippen LogP contribution in [-0.4, -0.2) is 65.3 Å². The molecule has 4 aliphatic rings. The fraction of sp³-hybridized carbons (Fsp3) is 0.565. The molecule has 1 spiro atoms. The van der Waals surface area contributed by atoms with Crippen LogP contribution >= 0.6 is 10.6 Å². The van der Waals surface area contributed by atoms with Gasteiger partial charge in [0.2, 0.25) is 5.91 Å². The highest BCUT2D eigenvalue weighted by molar-refractivity contribution is 8.24. The number of benzene rings is 1. The van der Waals surface area contributed by atoms with E-state index in [0.29, 0.717) is 25.3 Å². The Labute approximate surface area is 183 Å². The molecular formula is C23H29N3O4S. The van der Waals surface area contributed by atoms with Gasteiger partial charge >= 0.3 is 0 Å². The zero-order valence-electron chi connectivity index (χ0n) is 17.4. The summed E-state index contributed by atoms with van der Waals surface area (Å²) >= 11 is 0. The number of hydrogen-bond donors (Lipinski definition) is 3. The van der Waals surface area contributed by atoms with Crippen LogP contribution in [0.25, 0.3) is 11.3 Å². The normalized spacial score (nSPS) is 33.6. The first kappa shape index (κ1) is 19.8. The molecule has 7 nitrogen and oxygen atoms in total. The summed E-state index contributed by atoms with van der Waals surface area (Å²) in [5.41, 5.74) is 3.49. The maximum atomic E-state index is 12.8. The van der Waals surface area contributed by atoms with Crippen LogP contribution in [0, 0.1) is 17.3 Å². The van der Waals surface area contributed by atoms with Crippen molar-refractivity contribution in [3.8, 4) is 11.3 Å². The SMILES string of the molecule is O=C(C1CCS(O)(O)C1)N1CCC2(CC1)C[C@@H]([C@H]1c3ccccc3-c3cncn31)[C@H]2O. The lowest BCUT2D eigenvalue weighted by Crippen LogP contribution is -2.60. The number of carbonyl (C=O) groups excluding carboxylic acids is 1. The molecule has 2 aromatic rings. The Morgan fingerprint density at radius 2 is 1.97 bits per heavy atom. The van der Waals surface area contributed by atoms with Gasteiger partial charge in [-0.15, -0.1) is 0 Å². The van der Waals surface area contributed by atoms with Gasteiger partial charge in [0.25, 0.3) is 0 Å². The number of likely N-dealkylation sites (tertiary alicyclic amines) is 1. The summed E-state index contributed by atoms with van der Waals surface area (Å²) in [4.78, 5) is 19.1. The highest BCUT2D eigenvalue weighted by Crippen LogP contribution is 2.59. The second-order valence-electron chi connectivity index (χ2n) is 9.88. The molecule has 3 N–H and O–H groups in total. The Bertz CT molecular complexity index is 1030. The second kappa shape index (κ2) is 6.81. The molecule has 1 aliphatic carbocycles. The lowest BCUT2D eigenvalue weighted by Gasteiger charge is -2.58. The van der Waals surface area contributed by atoms with Crippen molar-refractivity contribution in [1.82, 2.24) is 14.5 Å². The predicted molar refractivity (Wildman–Crippen MR) is 119 cm³/mol. The second-order valence-corrected chi connectivity index (χ2v) is 12.2. The highest BCUT2D eigenvalue weighted by Gasteiger charge is 2.58. The van der Waals surface area contributed by atoms with Gasteiger partial charge in [-0.3, -0.25) is 13.9 Å². The Morgan fingerprint density at radius 1 is 1.19 bits per heavy atom. The van der Waals surface area contributed by atoms with Crippen molar-refractivity contribution in [3.05, 3.63) is 42.4 Å². The van der Waals surface area contributed by atoms with Gasteiger partial charge in [0.1, 0.15) is 0 Å². The highest BCUT2D eigenvalue weighted by atomic mass is 32.3. The number of aliphatic hydroxyl groups excluding tert-OH is 1. The number of piperidine rings is 1. The third-order valence-corrected chi connectivity index (χ3v) is 10.1. The number of aliphatic hydroxyl groups is 1.